The van der Waals surface area contributed by atoms with Crippen molar-refractivity contribution in [3.63, 3.8) is 0 Å². The third kappa shape index (κ3) is 10.6. The lowest BCUT2D eigenvalue weighted by Crippen LogP contribution is -2.40. The van der Waals surface area contributed by atoms with Crippen molar-refractivity contribution in [3.05, 3.63) is 61.2 Å². The van der Waals surface area contributed by atoms with Crippen molar-refractivity contribution >= 4 is 17.8 Å². The molecule has 0 saturated carbocycles. The summed E-state index contributed by atoms with van der Waals surface area (Å²) in [5, 5.41) is 14.6. The summed E-state index contributed by atoms with van der Waals surface area (Å²) in [5.41, 5.74) is 0.797. The molecule has 1 rings (SSSR count). The normalized spacial score (nSPS) is 13.4. The van der Waals surface area contributed by atoms with Crippen LogP contribution in [0.25, 0.3) is 0 Å². The van der Waals surface area contributed by atoms with Crippen molar-refractivity contribution in [2.45, 2.75) is 51.1 Å². The highest BCUT2D eigenvalue weighted by atomic mass is 16.5. The van der Waals surface area contributed by atoms with Crippen LogP contribution in [0.1, 0.15) is 50.6 Å². The van der Waals surface area contributed by atoms with Gasteiger partial charge in [-0.05, 0) is 31.7 Å². The van der Waals surface area contributed by atoms with Gasteiger partial charge in [0.25, 0.3) is 0 Å². The van der Waals surface area contributed by atoms with Crippen LogP contribution < -0.4 is 10.6 Å². The lowest BCUT2D eigenvalue weighted by Gasteiger charge is -2.23. The molecule has 0 saturated heterocycles. The van der Waals surface area contributed by atoms with Gasteiger partial charge in [-0.15, -0.1) is 13.2 Å². The largest absolute Gasteiger partial charge is 0.463 e. The molecule has 1 aromatic carbocycles. The number of carbonyl (C=O) groups is 3. The van der Waals surface area contributed by atoms with E-state index in [1.54, 1.807) is 19.1 Å². The van der Waals surface area contributed by atoms with Crippen molar-refractivity contribution < 1.29 is 24.2 Å². The maximum atomic E-state index is 12.9. The number of hydrogen-bond acceptors (Lipinski definition) is 5. The maximum absolute atomic E-state index is 12.9. The fourth-order valence-corrected chi connectivity index (χ4v) is 2.92. The van der Waals surface area contributed by atoms with Crippen molar-refractivity contribution in [1.29, 1.82) is 0 Å². The van der Waals surface area contributed by atoms with Gasteiger partial charge in [0.1, 0.15) is 6.61 Å². The molecule has 7 heteroatoms. The Bertz CT molecular complexity index is 720. The number of carbonyl (C=O) groups excluding carboxylic acids is 3. The Kier molecular flexibility index (Phi) is 12.6. The lowest BCUT2D eigenvalue weighted by molar-refractivity contribution is -0.145. The SMILES string of the molecule is C=CCCCC(=O)OC[C@H](NC(=O)[C@@H](CC=C)CC(=O)N[C@@H](C)CO)c1ccccc1. The molecule has 2 amide bonds. The minimum absolute atomic E-state index is 0.00275. The molecule has 0 aliphatic carbocycles. The van der Waals surface area contributed by atoms with E-state index in [9.17, 15) is 14.4 Å². The number of esters is 1. The first-order valence-corrected chi connectivity index (χ1v) is 10.5. The van der Waals surface area contributed by atoms with Crippen LogP contribution >= 0.6 is 0 Å². The molecular formula is C24H34N2O5. The molecule has 170 valence electrons. The van der Waals surface area contributed by atoms with Crippen molar-refractivity contribution in [1.82, 2.24) is 10.6 Å². The van der Waals surface area contributed by atoms with E-state index in [0.29, 0.717) is 12.8 Å². The smallest absolute Gasteiger partial charge is 0.305 e. The second-order valence-electron chi connectivity index (χ2n) is 7.41. The zero-order chi connectivity index (χ0) is 23.1. The first-order valence-electron chi connectivity index (χ1n) is 10.5. The Labute approximate surface area is 184 Å². The highest BCUT2D eigenvalue weighted by Gasteiger charge is 2.25. The summed E-state index contributed by atoms with van der Waals surface area (Å²) in [4.78, 5) is 37.1. The summed E-state index contributed by atoms with van der Waals surface area (Å²) >= 11 is 0. The monoisotopic (exact) mass is 430 g/mol. The van der Waals surface area contributed by atoms with E-state index in [2.05, 4.69) is 23.8 Å². The minimum atomic E-state index is -0.627. The Morgan fingerprint density at radius 1 is 1.13 bits per heavy atom. The summed E-state index contributed by atoms with van der Waals surface area (Å²) < 4.78 is 5.38. The Morgan fingerprint density at radius 3 is 2.45 bits per heavy atom. The third-order valence-corrected chi connectivity index (χ3v) is 4.65. The summed E-state index contributed by atoms with van der Waals surface area (Å²) in [7, 11) is 0. The number of aliphatic hydroxyl groups excluding tert-OH is 1. The van der Waals surface area contributed by atoms with Crippen LogP contribution in [0, 0.1) is 5.92 Å². The van der Waals surface area contributed by atoms with Gasteiger partial charge in [0.05, 0.1) is 18.6 Å². The molecule has 3 atom stereocenters. The Hall–Kier alpha value is -2.93. The standard InChI is InChI=1S/C24H34N2O5/c1-4-6-8-14-23(29)31-17-21(19-12-9-7-10-13-19)26-24(30)20(11-5-2)15-22(28)25-18(3)16-27/h4-5,7,9-10,12-13,18,20-21,27H,1-2,6,8,11,14-17H2,3H3,(H,25,28)(H,26,30)/t18-,20-,21-/m0/s1. The quantitative estimate of drug-likeness (QED) is 0.225. The van der Waals surface area contributed by atoms with Gasteiger partial charge in [-0.3, -0.25) is 14.4 Å². The van der Waals surface area contributed by atoms with E-state index in [0.717, 1.165) is 12.0 Å². The fourth-order valence-electron chi connectivity index (χ4n) is 2.92. The Morgan fingerprint density at radius 2 is 1.84 bits per heavy atom. The number of aliphatic hydroxyl groups is 1. The van der Waals surface area contributed by atoms with Gasteiger partial charge in [0, 0.05) is 18.9 Å². The maximum Gasteiger partial charge on any atom is 0.305 e. The predicted octanol–water partition coefficient (Wildman–Crippen LogP) is 2.82. The number of nitrogens with one attached hydrogen (secondary N) is 2. The molecule has 0 heterocycles. The highest BCUT2D eigenvalue weighted by Crippen LogP contribution is 2.17. The molecule has 3 N–H and O–H groups in total. The van der Waals surface area contributed by atoms with Crippen molar-refractivity contribution in [2.75, 3.05) is 13.2 Å². The minimum Gasteiger partial charge on any atom is -0.463 e. The molecule has 1 aromatic rings. The van der Waals surface area contributed by atoms with Gasteiger partial charge in [0.15, 0.2) is 0 Å². The molecule has 0 aliphatic heterocycles. The van der Waals surface area contributed by atoms with Gasteiger partial charge in [-0.1, -0.05) is 42.5 Å². The van der Waals surface area contributed by atoms with Crippen molar-refractivity contribution in [2.24, 2.45) is 5.92 Å². The summed E-state index contributed by atoms with van der Waals surface area (Å²) in [5.74, 6) is -1.62. The molecule has 31 heavy (non-hydrogen) atoms. The van der Waals surface area contributed by atoms with Crippen LogP contribution in [0.15, 0.2) is 55.6 Å². The molecule has 0 aliphatic rings. The second-order valence-corrected chi connectivity index (χ2v) is 7.41. The number of allylic oxidation sites excluding steroid dienone is 2. The summed E-state index contributed by atoms with van der Waals surface area (Å²) in [6.45, 7) is 8.79. The van der Waals surface area contributed by atoms with Crippen LogP contribution in [0.4, 0.5) is 0 Å². The first-order chi connectivity index (χ1) is 14.9. The number of ether oxygens (including phenoxy) is 1. The van der Waals surface area contributed by atoms with Crippen LogP contribution in [0.5, 0.6) is 0 Å². The second kappa shape index (κ2) is 15.0. The number of amides is 2. The van der Waals surface area contributed by atoms with Gasteiger partial charge in [-0.25, -0.2) is 0 Å². The molecular weight excluding hydrogens is 396 g/mol. The van der Waals surface area contributed by atoms with Gasteiger partial charge >= 0.3 is 5.97 Å². The molecule has 0 spiro atoms. The topological polar surface area (TPSA) is 105 Å². The average molecular weight is 431 g/mol. The Balaban J connectivity index is 2.81. The molecule has 0 unspecified atom stereocenters. The zero-order valence-corrected chi connectivity index (χ0v) is 18.2. The summed E-state index contributed by atoms with van der Waals surface area (Å²) in [6.07, 6.45) is 5.29. The number of hydrogen-bond donors (Lipinski definition) is 3. The molecule has 0 fully saturated rings. The number of rotatable bonds is 15. The lowest BCUT2D eigenvalue weighted by atomic mass is 9.98. The van der Waals surface area contributed by atoms with Gasteiger partial charge < -0.3 is 20.5 Å². The van der Waals surface area contributed by atoms with Crippen molar-refractivity contribution in [3.8, 4) is 0 Å². The zero-order valence-electron chi connectivity index (χ0n) is 18.2. The van der Waals surface area contributed by atoms with Crippen LogP contribution in [-0.4, -0.2) is 42.1 Å². The average Bonchev–Trinajstić information content (AvgIpc) is 2.76. The molecule has 0 bridgehead atoms. The van der Waals surface area contributed by atoms with E-state index in [1.807, 2.05) is 30.3 Å². The van der Waals surface area contributed by atoms with E-state index in [-0.39, 0.29) is 43.8 Å². The fraction of sp³-hybridized carbons (Fsp3) is 0.458. The van der Waals surface area contributed by atoms with E-state index >= 15 is 0 Å². The molecule has 0 aromatic heterocycles. The molecule has 0 radical (unpaired) electrons. The van der Waals surface area contributed by atoms with Crippen LogP contribution in [0.2, 0.25) is 0 Å². The highest BCUT2D eigenvalue weighted by molar-refractivity contribution is 5.86. The summed E-state index contributed by atoms with van der Waals surface area (Å²) in [6, 6.07) is 8.29. The van der Waals surface area contributed by atoms with E-state index < -0.39 is 18.0 Å². The number of benzene rings is 1. The predicted molar refractivity (Wildman–Crippen MR) is 120 cm³/mol. The van der Waals surface area contributed by atoms with E-state index in [1.165, 1.54) is 0 Å². The number of unbranched alkanes of at least 4 members (excludes halogenated alkanes) is 1. The first kappa shape index (κ1) is 26.1. The van der Waals surface area contributed by atoms with Crippen LogP contribution in [0.3, 0.4) is 0 Å². The molecule has 7 nitrogen and oxygen atoms in total. The van der Waals surface area contributed by atoms with Gasteiger partial charge in [-0.2, -0.15) is 0 Å². The van der Waals surface area contributed by atoms with Gasteiger partial charge in [0.2, 0.25) is 11.8 Å². The van der Waals surface area contributed by atoms with E-state index in [4.69, 9.17) is 9.84 Å². The third-order valence-electron chi connectivity index (χ3n) is 4.65. The van der Waals surface area contributed by atoms with Crippen LogP contribution in [-0.2, 0) is 19.1 Å².